The molecule has 0 radical (unpaired) electrons. The van der Waals surface area contributed by atoms with Crippen molar-refractivity contribution in [2.24, 2.45) is 5.73 Å². The molecule has 2 aliphatic rings. The Hall–Kier alpha value is -0.690. The molecule has 122 valence electrons. The first-order chi connectivity index (χ1) is 10.2. The Balaban J connectivity index is 1.81. The van der Waals surface area contributed by atoms with Gasteiger partial charge in [0.2, 0.25) is 5.91 Å². The van der Waals surface area contributed by atoms with E-state index in [4.69, 9.17) is 10.5 Å². The van der Waals surface area contributed by atoms with Gasteiger partial charge in [0.05, 0.1) is 19.3 Å². The smallest absolute Gasteiger partial charge is 0.239 e. The zero-order chi connectivity index (χ0) is 15.1. The van der Waals surface area contributed by atoms with Crippen LogP contribution in [0.25, 0.3) is 0 Å². The largest absolute Gasteiger partial charge is 0.378 e. The number of amides is 1. The number of nitrogens with two attached hydrogens (primary N) is 1. The van der Waals surface area contributed by atoms with Crippen molar-refractivity contribution in [2.45, 2.75) is 25.8 Å². The van der Waals surface area contributed by atoms with Gasteiger partial charge in [-0.15, -0.1) is 0 Å². The van der Waals surface area contributed by atoms with E-state index in [-0.39, 0.29) is 11.9 Å². The molecule has 2 aliphatic heterocycles. The van der Waals surface area contributed by atoms with Gasteiger partial charge >= 0.3 is 0 Å². The van der Waals surface area contributed by atoms with Gasteiger partial charge in [-0.25, -0.2) is 0 Å². The molecule has 2 saturated heterocycles. The maximum atomic E-state index is 12.6. The number of rotatable bonds is 5. The molecule has 1 atom stereocenters. The molecule has 6 heteroatoms. The summed E-state index contributed by atoms with van der Waals surface area (Å²) in [6.07, 6.45) is 2.19. The monoisotopic (exact) mass is 298 g/mol. The predicted octanol–water partition coefficient (Wildman–Crippen LogP) is -0.410. The van der Waals surface area contributed by atoms with Gasteiger partial charge in [0.25, 0.3) is 0 Å². The van der Waals surface area contributed by atoms with Crippen LogP contribution in [0.1, 0.15) is 19.8 Å². The maximum Gasteiger partial charge on any atom is 0.239 e. The highest BCUT2D eigenvalue weighted by Gasteiger charge is 2.28. The second kappa shape index (κ2) is 8.68. The summed E-state index contributed by atoms with van der Waals surface area (Å²) in [5, 5.41) is 0. The number of hydrogen-bond donors (Lipinski definition) is 1. The Bertz CT molecular complexity index is 321. The van der Waals surface area contributed by atoms with Crippen LogP contribution in [0.2, 0.25) is 0 Å². The van der Waals surface area contributed by atoms with Crippen LogP contribution < -0.4 is 5.73 Å². The van der Waals surface area contributed by atoms with Crippen LogP contribution in [-0.4, -0.2) is 92.2 Å². The average molecular weight is 298 g/mol. The zero-order valence-electron chi connectivity index (χ0n) is 13.3. The molecule has 21 heavy (non-hydrogen) atoms. The molecule has 1 amide bonds. The van der Waals surface area contributed by atoms with Gasteiger partial charge in [-0.2, -0.15) is 0 Å². The van der Waals surface area contributed by atoms with Crippen molar-refractivity contribution >= 4 is 5.91 Å². The summed E-state index contributed by atoms with van der Waals surface area (Å²) < 4.78 is 5.32. The number of hydrogen-bond acceptors (Lipinski definition) is 5. The van der Waals surface area contributed by atoms with Crippen molar-refractivity contribution in [3.05, 3.63) is 0 Å². The second-order valence-electron chi connectivity index (χ2n) is 5.99. The summed E-state index contributed by atoms with van der Waals surface area (Å²) in [6, 6.07) is -0.0161. The summed E-state index contributed by atoms with van der Waals surface area (Å²) in [5.74, 6) is 0.258. The Morgan fingerprint density at radius 1 is 1.14 bits per heavy atom. The van der Waals surface area contributed by atoms with E-state index in [9.17, 15) is 4.79 Å². The first-order valence-electron chi connectivity index (χ1n) is 8.25. The van der Waals surface area contributed by atoms with Gasteiger partial charge < -0.3 is 20.3 Å². The molecule has 0 aliphatic carbocycles. The fourth-order valence-corrected chi connectivity index (χ4v) is 3.12. The highest BCUT2D eigenvalue weighted by atomic mass is 16.5. The molecule has 2 heterocycles. The lowest BCUT2D eigenvalue weighted by Crippen LogP contribution is -2.51. The Kier molecular flexibility index (Phi) is 6.89. The average Bonchev–Trinajstić information content (AvgIpc) is 2.78. The maximum absolute atomic E-state index is 12.6. The van der Waals surface area contributed by atoms with Crippen LogP contribution in [0.3, 0.4) is 0 Å². The first-order valence-corrected chi connectivity index (χ1v) is 8.25. The standard InChI is InChI=1S/C15H30N4O2/c1-14(15(20)19-10-12-21-13-11-19)18-7-3-6-17(8-9-18)5-2-4-16/h14H,2-13,16H2,1H3. The number of ether oxygens (including phenoxy) is 1. The Labute approximate surface area is 128 Å². The van der Waals surface area contributed by atoms with Crippen LogP contribution in [0.4, 0.5) is 0 Å². The van der Waals surface area contributed by atoms with E-state index in [1.165, 1.54) is 0 Å². The highest BCUT2D eigenvalue weighted by molar-refractivity contribution is 5.81. The van der Waals surface area contributed by atoms with Gasteiger partial charge in [-0.05, 0) is 39.4 Å². The molecule has 0 spiro atoms. The van der Waals surface area contributed by atoms with Gasteiger partial charge in [-0.1, -0.05) is 0 Å². The molecule has 0 aromatic carbocycles. The fourth-order valence-electron chi connectivity index (χ4n) is 3.12. The van der Waals surface area contributed by atoms with Crippen molar-refractivity contribution in [3.63, 3.8) is 0 Å². The molecule has 0 saturated carbocycles. The molecule has 2 fully saturated rings. The lowest BCUT2D eigenvalue weighted by atomic mass is 10.2. The van der Waals surface area contributed by atoms with E-state index in [1.807, 2.05) is 11.8 Å². The van der Waals surface area contributed by atoms with Gasteiger partial charge in [0.15, 0.2) is 0 Å². The van der Waals surface area contributed by atoms with Crippen LogP contribution >= 0.6 is 0 Å². The van der Waals surface area contributed by atoms with E-state index in [0.29, 0.717) is 13.2 Å². The first kappa shape index (κ1) is 16.7. The van der Waals surface area contributed by atoms with Crippen molar-refractivity contribution in [2.75, 3.05) is 65.6 Å². The van der Waals surface area contributed by atoms with Crippen LogP contribution in [0.15, 0.2) is 0 Å². The molecule has 0 aromatic heterocycles. The molecule has 0 aromatic rings. The predicted molar refractivity (Wildman–Crippen MR) is 83.2 cm³/mol. The summed E-state index contributed by atoms with van der Waals surface area (Å²) in [5.41, 5.74) is 5.59. The minimum Gasteiger partial charge on any atom is -0.378 e. The van der Waals surface area contributed by atoms with Crippen LogP contribution in [0.5, 0.6) is 0 Å². The zero-order valence-corrected chi connectivity index (χ0v) is 13.3. The number of morpholine rings is 1. The molecule has 1 unspecified atom stereocenters. The second-order valence-corrected chi connectivity index (χ2v) is 5.99. The molecule has 2 N–H and O–H groups in total. The number of carbonyl (C=O) groups excluding carboxylic acids is 1. The third-order valence-electron chi connectivity index (χ3n) is 4.53. The molecule has 6 nitrogen and oxygen atoms in total. The Morgan fingerprint density at radius 2 is 1.90 bits per heavy atom. The number of carbonyl (C=O) groups is 1. The highest BCUT2D eigenvalue weighted by Crippen LogP contribution is 2.11. The van der Waals surface area contributed by atoms with Crippen molar-refractivity contribution in [1.29, 1.82) is 0 Å². The van der Waals surface area contributed by atoms with E-state index in [0.717, 1.165) is 65.2 Å². The Morgan fingerprint density at radius 3 is 2.62 bits per heavy atom. The van der Waals surface area contributed by atoms with E-state index in [2.05, 4.69) is 9.80 Å². The van der Waals surface area contributed by atoms with Crippen molar-refractivity contribution in [1.82, 2.24) is 14.7 Å². The van der Waals surface area contributed by atoms with Crippen LogP contribution in [-0.2, 0) is 9.53 Å². The summed E-state index contributed by atoms with van der Waals surface area (Å²) in [6.45, 7) is 10.8. The molecule has 0 bridgehead atoms. The minimum absolute atomic E-state index is 0.0161. The fraction of sp³-hybridized carbons (Fsp3) is 0.933. The third kappa shape index (κ3) is 4.92. The third-order valence-corrected chi connectivity index (χ3v) is 4.53. The van der Waals surface area contributed by atoms with Gasteiger partial charge in [0, 0.05) is 32.7 Å². The SMILES string of the molecule is CC(C(=O)N1CCOCC1)N1CCCN(CCCN)CC1. The minimum atomic E-state index is -0.0161. The van der Waals surface area contributed by atoms with Crippen molar-refractivity contribution in [3.8, 4) is 0 Å². The van der Waals surface area contributed by atoms with Gasteiger partial charge in [0.1, 0.15) is 0 Å². The molecular weight excluding hydrogens is 268 g/mol. The van der Waals surface area contributed by atoms with E-state index in [1.54, 1.807) is 0 Å². The summed E-state index contributed by atoms with van der Waals surface area (Å²) >= 11 is 0. The van der Waals surface area contributed by atoms with Crippen molar-refractivity contribution < 1.29 is 9.53 Å². The van der Waals surface area contributed by atoms with Crippen LogP contribution in [0, 0.1) is 0 Å². The quantitative estimate of drug-likeness (QED) is 0.748. The summed E-state index contributed by atoms with van der Waals surface area (Å²) in [7, 11) is 0. The molecular formula is C15H30N4O2. The topological polar surface area (TPSA) is 62.0 Å². The summed E-state index contributed by atoms with van der Waals surface area (Å²) in [4.78, 5) is 19.3. The van der Waals surface area contributed by atoms with E-state index < -0.39 is 0 Å². The lowest BCUT2D eigenvalue weighted by molar-refractivity contribution is -0.140. The number of nitrogens with zero attached hydrogens (tertiary/aromatic N) is 3. The molecule has 2 rings (SSSR count). The lowest BCUT2D eigenvalue weighted by Gasteiger charge is -2.34. The normalized spacial score (nSPS) is 23.8. The van der Waals surface area contributed by atoms with E-state index >= 15 is 0 Å². The van der Waals surface area contributed by atoms with Gasteiger partial charge in [-0.3, -0.25) is 9.69 Å².